The molecule has 2 rings (SSSR count). The topological polar surface area (TPSA) is 80.0 Å². The van der Waals surface area contributed by atoms with Crippen LogP contribution in [-0.2, 0) is 4.79 Å². The number of pyridine rings is 1. The van der Waals surface area contributed by atoms with Gasteiger partial charge in [-0.05, 0) is 45.0 Å². The number of amides is 1. The number of hydrogen-bond donors (Lipinski definition) is 3. The van der Waals surface area contributed by atoms with Crippen molar-refractivity contribution in [2.45, 2.75) is 26.8 Å². The van der Waals surface area contributed by atoms with Gasteiger partial charge in [0, 0.05) is 28.5 Å². The molecule has 0 saturated heterocycles. The van der Waals surface area contributed by atoms with Crippen LogP contribution in [0.5, 0.6) is 0 Å². The van der Waals surface area contributed by atoms with Gasteiger partial charge in [-0.25, -0.2) is 0 Å². The summed E-state index contributed by atoms with van der Waals surface area (Å²) in [6, 6.07) is 7.63. The molecule has 4 N–H and O–H groups in total. The summed E-state index contributed by atoms with van der Waals surface area (Å²) in [7, 11) is 0. The summed E-state index contributed by atoms with van der Waals surface area (Å²) in [5.41, 5.74) is 9.13. The van der Waals surface area contributed by atoms with E-state index in [4.69, 9.17) is 5.73 Å². The van der Waals surface area contributed by atoms with Crippen LogP contribution in [0.25, 0.3) is 10.9 Å². The highest BCUT2D eigenvalue weighted by Crippen LogP contribution is 2.25. The van der Waals surface area contributed by atoms with E-state index < -0.39 is 0 Å². The summed E-state index contributed by atoms with van der Waals surface area (Å²) in [6.07, 6.45) is 0. The highest BCUT2D eigenvalue weighted by molar-refractivity contribution is 5.95. The molecule has 0 aliphatic heterocycles. The monoisotopic (exact) mass is 272 g/mol. The lowest BCUT2D eigenvalue weighted by atomic mass is 10.1. The molecular weight excluding hydrogens is 252 g/mol. The number of carbonyl (C=O) groups excluding carboxylic acids is 1. The average molecular weight is 272 g/mol. The zero-order valence-corrected chi connectivity index (χ0v) is 12.0. The lowest BCUT2D eigenvalue weighted by Gasteiger charge is -2.12. The molecule has 0 spiro atoms. The van der Waals surface area contributed by atoms with Gasteiger partial charge in [-0.15, -0.1) is 0 Å². The summed E-state index contributed by atoms with van der Waals surface area (Å²) in [6.45, 7) is 6.02. The number of aryl methyl sites for hydroxylation is 1. The molecule has 5 nitrogen and oxygen atoms in total. The molecule has 5 heteroatoms. The molecule has 0 atom stereocenters. The molecule has 1 aromatic carbocycles. The van der Waals surface area contributed by atoms with E-state index >= 15 is 0 Å². The molecule has 0 fully saturated rings. The fourth-order valence-corrected chi connectivity index (χ4v) is 2.07. The quantitative estimate of drug-likeness (QED) is 0.744. The zero-order chi connectivity index (χ0) is 14.7. The van der Waals surface area contributed by atoms with Crippen LogP contribution in [0, 0.1) is 6.92 Å². The minimum atomic E-state index is -0.0356. The second-order valence-corrected chi connectivity index (χ2v) is 5.16. The van der Waals surface area contributed by atoms with Crippen molar-refractivity contribution in [3.63, 3.8) is 0 Å². The number of anilines is 2. The highest BCUT2D eigenvalue weighted by Gasteiger charge is 2.07. The number of nitrogens with zero attached hydrogens (tertiary/aromatic N) is 1. The molecule has 2 aromatic rings. The van der Waals surface area contributed by atoms with Crippen molar-refractivity contribution in [1.29, 1.82) is 0 Å². The number of hydrogen-bond acceptors (Lipinski definition) is 4. The number of nitrogen functional groups attached to an aromatic ring is 1. The highest BCUT2D eigenvalue weighted by atomic mass is 16.1. The second-order valence-electron chi connectivity index (χ2n) is 5.16. The number of fused-ring (bicyclic) bond motifs is 1. The summed E-state index contributed by atoms with van der Waals surface area (Å²) < 4.78 is 0. The lowest BCUT2D eigenvalue weighted by Crippen LogP contribution is -2.34. The standard InChI is InChI=1S/C15H20N4O/c1-9(2)18-15(20)8-17-14-6-10(3)19-13-5-4-11(16)7-12(13)14/h4-7,9H,8,16H2,1-3H3,(H,17,19)(H,18,20). The van der Waals surface area contributed by atoms with E-state index in [1.54, 1.807) is 0 Å². The minimum Gasteiger partial charge on any atom is -0.399 e. The first-order valence-corrected chi connectivity index (χ1v) is 6.66. The molecule has 20 heavy (non-hydrogen) atoms. The Balaban J connectivity index is 2.24. The Hall–Kier alpha value is -2.30. The molecule has 0 unspecified atom stereocenters. The maximum absolute atomic E-state index is 11.7. The van der Waals surface area contributed by atoms with Crippen molar-refractivity contribution in [2.24, 2.45) is 0 Å². The van der Waals surface area contributed by atoms with Gasteiger partial charge >= 0.3 is 0 Å². The Morgan fingerprint density at radius 1 is 1.35 bits per heavy atom. The lowest BCUT2D eigenvalue weighted by molar-refractivity contribution is -0.119. The third-order valence-electron chi connectivity index (χ3n) is 2.85. The summed E-state index contributed by atoms with van der Waals surface area (Å²) >= 11 is 0. The fourth-order valence-electron chi connectivity index (χ4n) is 2.07. The van der Waals surface area contributed by atoms with Crippen LogP contribution in [0.2, 0.25) is 0 Å². The molecule has 0 bridgehead atoms. The summed E-state index contributed by atoms with van der Waals surface area (Å²) in [5.74, 6) is -0.0356. The molecule has 1 heterocycles. The molecule has 0 aliphatic rings. The van der Waals surface area contributed by atoms with Crippen molar-refractivity contribution in [2.75, 3.05) is 17.6 Å². The van der Waals surface area contributed by atoms with Crippen LogP contribution in [0.1, 0.15) is 19.5 Å². The van der Waals surface area contributed by atoms with Gasteiger partial charge in [0.15, 0.2) is 0 Å². The molecule has 0 radical (unpaired) electrons. The van der Waals surface area contributed by atoms with Crippen LogP contribution < -0.4 is 16.4 Å². The SMILES string of the molecule is Cc1cc(NCC(=O)NC(C)C)c2cc(N)ccc2n1. The van der Waals surface area contributed by atoms with Crippen LogP contribution in [0.3, 0.4) is 0 Å². The van der Waals surface area contributed by atoms with E-state index in [-0.39, 0.29) is 18.5 Å². The maximum Gasteiger partial charge on any atom is 0.239 e. The number of aromatic nitrogens is 1. The van der Waals surface area contributed by atoms with Gasteiger partial charge in [-0.1, -0.05) is 0 Å². The van der Waals surface area contributed by atoms with Gasteiger partial charge in [0.05, 0.1) is 12.1 Å². The number of nitrogens with two attached hydrogens (primary N) is 1. The predicted octanol–water partition coefficient (Wildman–Crippen LogP) is 2.06. The molecule has 0 saturated carbocycles. The number of rotatable bonds is 4. The average Bonchev–Trinajstić information content (AvgIpc) is 2.35. The van der Waals surface area contributed by atoms with E-state index in [0.29, 0.717) is 5.69 Å². The minimum absolute atomic E-state index is 0.0356. The first kappa shape index (κ1) is 14.1. The van der Waals surface area contributed by atoms with E-state index in [9.17, 15) is 4.79 Å². The molecule has 1 amide bonds. The van der Waals surface area contributed by atoms with E-state index in [0.717, 1.165) is 22.3 Å². The number of benzene rings is 1. The third kappa shape index (κ3) is 3.38. The Bertz CT molecular complexity index is 637. The van der Waals surface area contributed by atoms with Gasteiger partial charge < -0.3 is 16.4 Å². The predicted molar refractivity (Wildman–Crippen MR) is 82.7 cm³/mol. The Labute approximate surface area is 118 Å². The van der Waals surface area contributed by atoms with Crippen LogP contribution >= 0.6 is 0 Å². The fraction of sp³-hybridized carbons (Fsp3) is 0.333. The van der Waals surface area contributed by atoms with Crippen LogP contribution in [0.15, 0.2) is 24.3 Å². The Kier molecular flexibility index (Phi) is 4.08. The maximum atomic E-state index is 11.7. The van der Waals surface area contributed by atoms with Gasteiger partial charge in [-0.3, -0.25) is 9.78 Å². The molecule has 0 aliphatic carbocycles. The second kappa shape index (κ2) is 5.77. The van der Waals surface area contributed by atoms with Crippen molar-refractivity contribution in [3.8, 4) is 0 Å². The van der Waals surface area contributed by atoms with Crippen molar-refractivity contribution < 1.29 is 4.79 Å². The van der Waals surface area contributed by atoms with Gasteiger partial charge in [-0.2, -0.15) is 0 Å². The smallest absolute Gasteiger partial charge is 0.239 e. The van der Waals surface area contributed by atoms with Crippen LogP contribution in [-0.4, -0.2) is 23.5 Å². The first-order valence-electron chi connectivity index (χ1n) is 6.66. The molecular formula is C15H20N4O. The number of carbonyl (C=O) groups is 1. The van der Waals surface area contributed by atoms with E-state index in [2.05, 4.69) is 15.6 Å². The molecule has 106 valence electrons. The van der Waals surface area contributed by atoms with Crippen molar-refractivity contribution in [3.05, 3.63) is 30.0 Å². The van der Waals surface area contributed by atoms with Gasteiger partial charge in [0.2, 0.25) is 5.91 Å². The molecule has 1 aromatic heterocycles. The van der Waals surface area contributed by atoms with Crippen molar-refractivity contribution in [1.82, 2.24) is 10.3 Å². The normalized spacial score (nSPS) is 10.8. The van der Waals surface area contributed by atoms with Gasteiger partial charge in [0.1, 0.15) is 0 Å². The number of nitrogens with one attached hydrogen (secondary N) is 2. The van der Waals surface area contributed by atoms with Gasteiger partial charge in [0.25, 0.3) is 0 Å². The Morgan fingerprint density at radius 3 is 2.80 bits per heavy atom. The van der Waals surface area contributed by atoms with Crippen LogP contribution in [0.4, 0.5) is 11.4 Å². The van der Waals surface area contributed by atoms with Crippen molar-refractivity contribution >= 4 is 28.2 Å². The Morgan fingerprint density at radius 2 is 2.10 bits per heavy atom. The largest absolute Gasteiger partial charge is 0.399 e. The third-order valence-corrected chi connectivity index (χ3v) is 2.85. The first-order chi connectivity index (χ1) is 9.45. The summed E-state index contributed by atoms with van der Waals surface area (Å²) in [4.78, 5) is 16.2. The van der Waals surface area contributed by atoms with E-state index in [1.165, 1.54) is 0 Å². The summed E-state index contributed by atoms with van der Waals surface area (Å²) in [5, 5.41) is 6.92. The zero-order valence-electron chi connectivity index (χ0n) is 12.0. The van der Waals surface area contributed by atoms with E-state index in [1.807, 2.05) is 45.0 Å².